The van der Waals surface area contributed by atoms with E-state index in [1.54, 1.807) is 4.90 Å². The fraction of sp³-hybridized carbons (Fsp3) is 0.941. The molecule has 0 radical (unpaired) electrons. The number of amides is 1. The molecule has 5 heteroatoms. The van der Waals surface area contributed by atoms with Crippen LogP contribution in [0, 0.1) is 5.92 Å². The van der Waals surface area contributed by atoms with Crippen LogP contribution in [0.25, 0.3) is 0 Å². The molecule has 0 bridgehead atoms. The average Bonchev–Trinajstić information content (AvgIpc) is 2.90. The van der Waals surface area contributed by atoms with E-state index in [1.165, 1.54) is 25.7 Å². The van der Waals surface area contributed by atoms with E-state index < -0.39 is 5.60 Å². The molecular weight excluding hydrogens is 280 g/mol. The molecule has 1 atom stereocenters. The van der Waals surface area contributed by atoms with Crippen molar-refractivity contribution in [1.82, 2.24) is 9.80 Å². The minimum Gasteiger partial charge on any atom is -0.444 e. The lowest BCUT2D eigenvalue weighted by Gasteiger charge is -2.36. The molecule has 0 spiro atoms. The van der Waals surface area contributed by atoms with Gasteiger partial charge in [-0.1, -0.05) is 25.7 Å². The summed E-state index contributed by atoms with van der Waals surface area (Å²) >= 11 is 0. The number of hydrogen-bond acceptors (Lipinski definition) is 4. The van der Waals surface area contributed by atoms with Crippen molar-refractivity contribution < 1.29 is 14.6 Å². The van der Waals surface area contributed by atoms with Gasteiger partial charge in [0.2, 0.25) is 0 Å². The number of hydrogen-bond donors (Lipinski definition) is 1. The number of nitrogens with zero attached hydrogens (tertiary/aromatic N) is 2. The molecule has 1 unspecified atom stereocenters. The van der Waals surface area contributed by atoms with Gasteiger partial charge in [0, 0.05) is 32.7 Å². The summed E-state index contributed by atoms with van der Waals surface area (Å²) in [5, 5.41) is 10.2. The molecule has 1 aliphatic carbocycles. The zero-order valence-electron chi connectivity index (χ0n) is 14.4. The van der Waals surface area contributed by atoms with Crippen molar-refractivity contribution in [3.8, 4) is 0 Å². The number of aliphatic hydroxyl groups excluding tert-OH is 1. The Morgan fingerprint density at radius 3 is 2.32 bits per heavy atom. The molecule has 1 amide bonds. The van der Waals surface area contributed by atoms with Crippen LogP contribution in [0.15, 0.2) is 0 Å². The molecule has 22 heavy (non-hydrogen) atoms. The highest BCUT2D eigenvalue weighted by Gasteiger charge is 2.27. The van der Waals surface area contributed by atoms with Crippen LogP contribution in [0.1, 0.15) is 52.9 Å². The summed E-state index contributed by atoms with van der Waals surface area (Å²) in [5.74, 6) is 0.720. The van der Waals surface area contributed by atoms with Crippen LogP contribution >= 0.6 is 0 Å². The summed E-state index contributed by atoms with van der Waals surface area (Å²) in [4.78, 5) is 16.0. The number of carbonyl (C=O) groups excluding carboxylic acids is 1. The molecule has 0 aromatic heterocycles. The summed E-state index contributed by atoms with van der Waals surface area (Å²) < 4.78 is 5.40. The van der Waals surface area contributed by atoms with E-state index in [4.69, 9.17) is 4.74 Å². The number of β-amino-alcohol motifs (C(OH)–C–C–N with tert-alkyl or cyclic N) is 1. The maximum atomic E-state index is 12.0. The Morgan fingerprint density at radius 1 is 1.18 bits per heavy atom. The van der Waals surface area contributed by atoms with Gasteiger partial charge < -0.3 is 14.7 Å². The highest BCUT2D eigenvalue weighted by atomic mass is 16.6. The molecule has 1 aliphatic heterocycles. The third-order valence-electron chi connectivity index (χ3n) is 4.57. The second kappa shape index (κ2) is 7.64. The molecule has 1 saturated carbocycles. The first-order valence-electron chi connectivity index (χ1n) is 8.72. The van der Waals surface area contributed by atoms with Gasteiger partial charge in [-0.2, -0.15) is 0 Å². The Hall–Kier alpha value is -0.810. The van der Waals surface area contributed by atoms with E-state index in [0.717, 1.165) is 32.0 Å². The van der Waals surface area contributed by atoms with Crippen molar-refractivity contribution >= 4 is 6.09 Å². The van der Waals surface area contributed by atoms with Gasteiger partial charge in [0.05, 0.1) is 6.10 Å². The van der Waals surface area contributed by atoms with Crippen LogP contribution in [-0.4, -0.2) is 65.4 Å². The van der Waals surface area contributed by atoms with E-state index in [1.807, 2.05) is 20.8 Å². The fourth-order valence-corrected chi connectivity index (χ4v) is 3.44. The Bertz CT molecular complexity index is 353. The molecule has 2 rings (SSSR count). The van der Waals surface area contributed by atoms with Gasteiger partial charge in [0.15, 0.2) is 0 Å². The van der Waals surface area contributed by atoms with E-state index in [9.17, 15) is 9.90 Å². The Kier molecular flexibility index (Phi) is 6.09. The van der Waals surface area contributed by atoms with Crippen molar-refractivity contribution in [3.05, 3.63) is 0 Å². The van der Waals surface area contributed by atoms with E-state index in [0.29, 0.717) is 13.1 Å². The molecule has 0 aromatic carbocycles. The number of rotatable bonds is 4. The van der Waals surface area contributed by atoms with Crippen molar-refractivity contribution in [3.63, 3.8) is 0 Å². The van der Waals surface area contributed by atoms with Gasteiger partial charge in [-0.05, 0) is 33.1 Å². The lowest BCUT2D eigenvalue weighted by Crippen LogP contribution is -2.51. The predicted octanol–water partition coefficient (Wildman–Crippen LogP) is 2.48. The summed E-state index contributed by atoms with van der Waals surface area (Å²) in [7, 11) is 0. The largest absolute Gasteiger partial charge is 0.444 e. The lowest BCUT2D eigenvalue weighted by atomic mass is 10.00. The zero-order valence-corrected chi connectivity index (χ0v) is 14.4. The molecule has 1 saturated heterocycles. The third-order valence-corrected chi connectivity index (χ3v) is 4.57. The summed E-state index contributed by atoms with van der Waals surface area (Å²) in [6.07, 6.45) is 5.70. The van der Waals surface area contributed by atoms with Crippen molar-refractivity contribution in [2.45, 2.75) is 64.6 Å². The Labute approximate surface area is 134 Å². The highest BCUT2D eigenvalue weighted by molar-refractivity contribution is 5.68. The number of aliphatic hydroxyl groups is 1. The minimum atomic E-state index is -0.439. The van der Waals surface area contributed by atoms with Crippen molar-refractivity contribution in [2.75, 3.05) is 32.7 Å². The van der Waals surface area contributed by atoms with Gasteiger partial charge in [0.1, 0.15) is 5.60 Å². The average molecular weight is 312 g/mol. The van der Waals surface area contributed by atoms with Crippen LogP contribution in [0.5, 0.6) is 0 Å². The molecule has 1 heterocycles. The second-order valence-corrected chi connectivity index (χ2v) is 7.81. The van der Waals surface area contributed by atoms with Crippen LogP contribution in [0.4, 0.5) is 4.79 Å². The summed E-state index contributed by atoms with van der Waals surface area (Å²) in [5.41, 5.74) is -0.439. The van der Waals surface area contributed by atoms with Gasteiger partial charge in [-0.15, -0.1) is 0 Å². The highest BCUT2D eigenvalue weighted by Crippen LogP contribution is 2.28. The predicted molar refractivity (Wildman–Crippen MR) is 86.8 cm³/mol. The standard InChI is InChI=1S/C17H32N2O3/c1-17(2,3)22-16(21)19-10-8-18(9-11-19)13-15(20)12-14-6-4-5-7-14/h14-15,20H,4-13H2,1-3H3. The Balaban J connectivity index is 1.67. The van der Waals surface area contributed by atoms with Gasteiger partial charge >= 0.3 is 6.09 Å². The van der Waals surface area contributed by atoms with Gasteiger partial charge in [-0.3, -0.25) is 4.90 Å². The maximum absolute atomic E-state index is 12.0. The molecule has 0 aromatic rings. The fourth-order valence-electron chi connectivity index (χ4n) is 3.44. The van der Waals surface area contributed by atoms with E-state index >= 15 is 0 Å². The molecule has 2 aliphatic rings. The van der Waals surface area contributed by atoms with Gasteiger partial charge in [0.25, 0.3) is 0 Å². The first-order chi connectivity index (χ1) is 10.3. The van der Waals surface area contributed by atoms with Crippen molar-refractivity contribution in [1.29, 1.82) is 0 Å². The van der Waals surface area contributed by atoms with Crippen LogP contribution in [-0.2, 0) is 4.74 Å². The molecule has 128 valence electrons. The Morgan fingerprint density at radius 2 is 1.77 bits per heavy atom. The van der Waals surface area contributed by atoms with Crippen LogP contribution < -0.4 is 0 Å². The smallest absolute Gasteiger partial charge is 0.410 e. The van der Waals surface area contributed by atoms with E-state index in [-0.39, 0.29) is 12.2 Å². The maximum Gasteiger partial charge on any atom is 0.410 e. The molecule has 2 fully saturated rings. The molecule has 5 nitrogen and oxygen atoms in total. The number of ether oxygens (including phenoxy) is 1. The second-order valence-electron chi connectivity index (χ2n) is 7.81. The van der Waals surface area contributed by atoms with Crippen LogP contribution in [0.3, 0.4) is 0 Å². The van der Waals surface area contributed by atoms with Crippen molar-refractivity contribution in [2.24, 2.45) is 5.92 Å². The number of piperazine rings is 1. The van der Waals surface area contributed by atoms with Gasteiger partial charge in [-0.25, -0.2) is 4.79 Å². The number of carbonyl (C=O) groups is 1. The van der Waals surface area contributed by atoms with E-state index in [2.05, 4.69) is 4.90 Å². The zero-order chi connectivity index (χ0) is 16.2. The third kappa shape index (κ3) is 5.76. The monoisotopic (exact) mass is 312 g/mol. The quantitative estimate of drug-likeness (QED) is 0.866. The van der Waals surface area contributed by atoms with Crippen LogP contribution in [0.2, 0.25) is 0 Å². The lowest BCUT2D eigenvalue weighted by molar-refractivity contribution is 0.00900. The normalized spacial score (nSPS) is 22.8. The summed E-state index contributed by atoms with van der Waals surface area (Å²) in [6.45, 7) is 9.41. The first-order valence-corrected chi connectivity index (χ1v) is 8.72. The minimum absolute atomic E-state index is 0.223. The summed E-state index contributed by atoms with van der Waals surface area (Å²) in [6, 6.07) is 0. The first kappa shape index (κ1) is 17.5. The molecular formula is C17H32N2O3. The molecule has 1 N–H and O–H groups in total. The topological polar surface area (TPSA) is 53.0 Å². The SMILES string of the molecule is CC(C)(C)OC(=O)N1CCN(CC(O)CC2CCCC2)CC1.